The van der Waals surface area contributed by atoms with Crippen LogP contribution in [-0.2, 0) is 6.18 Å². The van der Waals surface area contributed by atoms with Gasteiger partial charge in [0, 0.05) is 17.2 Å². The Labute approximate surface area is 108 Å². The zero-order valence-corrected chi connectivity index (χ0v) is 9.90. The normalized spacial score (nSPS) is 11.6. The van der Waals surface area contributed by atoms with Crippen LogP contribution in [0.1, 0.15) is 5.56 Å². The monoisotopic (exact) mass is 292 g/mol. The summed E-state index contributed by atoms with van der Waals surface area (Å²) < 4.78 is 64.1. The molecule has 1 aromatic heterocycles. The molecule has 0 aliphatic carbocycles. The first-order valence-corrected chi connectivity index (χ1v) is 5.69. The molecule has 100 valence electrons. The maximum absolute atomic E-state index is 13.4. The van der Waals surface area contributed by atoms with Crippen LogP contribution in [0.5, 0.6) is 0 Å². The Morgan fingerprint density at radius 1 is 1.11 bits per heavy atom. The van der Waals surface area contributed by atoms with E-state index in [0.29, 0.717) is 24.0 Å². The Balaban J connectivity index is 2.39. The van der Waals surface area contributed by atoms with Crippen molar-refractivity contribution in [2.75, 3.05) is 0 Å². The van der Waals surface area contributed by atoms with Crippen molar-refractivity contribution < 1.29 is 22.0 Å². The van der Waals surface area contributed by atoms with Crippen molar-refractivity contribution in [1.82, 2.24) is 9.97 Å². The highest BCUT2D eigenvalue weighted by Gasteiger charge is 2.35. The van der Waals surface area contributed by atoms with Crippen molar-refractivity contribution in [2.24, 2.45) is 0 Å². The van der Waals surface area contributed by atoms with E-state index in [-0.39, 0.29) is 4.90 Å². The second-order valence-electron chi connectivity index (χ2n) is 3.42. The number of halogens is 5. The lowest BCUT2D eigenvalue weighted by molar-refractivity contribution is -0.140. The molecular weight excluding hydrogens is 287 g/mol. The lowest BCUT2D eigenvalue weighted by atomic mass is 10.3. The number of hydrogen-bond donors (Lipinski definition) is 0. The molecule has 2 nitrogen and oxygen atoms in total. The van der Waals surface area contributed by atoms with E-state index in [2.05, 4.69) is 9.97 Å². The lowest BCUT2D eigenvalue weighted by Gasteiger charge is -2.10. The zero-order chi connectivity index (χ0) is 14.0. The molecule has 0 N–H and O–H groups in total. The van der Waals surface area contributed by atoms with E-state index in [1.807, 2.05) is 0 Å². The zero-order valence-electron chi connectivity index (χ0n) is 9.08. The number of rotatable bonds is 2. The van der Waals surface area contributed by atoms with Gasteiger partial charge >= 0.3 is 6.18 Å². The third-order valence-electron chi connectivity index (χ3n) is 2.08. The van der Waals surface area contributed by atoms with E-state index < -0.39 is 28.4 Å². The molecule has 0 radical (unpaired) electrons. The van der Waals surface area contributed by atoms with E-state index >= 15 is 0 Å². The SMILES string of the molecule is Fc1ccc(Sc2ncncc2C(F)(F)F)c(F)c1. The van der Waals surface area contributed by atoms with Gasteiger partial charge in [-0.05, 0) is 12.1 Å². The maximum atomic E-state index is 13.4. The molecule has 1 aromatic carbocycles. The van der Waals surface area contributed by atoms with Crippen LogP contribution in [0.4, 0.5) is 22.0 Å². The second kappa shape index (κ2) is 5.12. The molecule has 1 heterocycles. The molecule has 0 atom stereocenters. The quantitative estimate of drug-likeness (QED) is 0.619. The first kappa shape index (κ1) is 13.7. The van der Waals surface area contributed by atoms with Gasteiger partial charge in [-0.15, -0.1) is 0 Å². The van der Waals surface area contributed by atoms with Gasteiger partial charge in [0.1, 0.15) is 28.6 Å². The highest BCUT2D eigenvalue weighted by Crippen LogP contribution is 2.38. The van der Waals surface area contributed by atoms with Crippen molar-refractivity contribution in [3.63, 3.8) is 0 Å². The molecule has 2 aromatic rings. The molecule has 0 aliphatic heterocycles. The van der Waals surface area contributed by atoms with Crippen LogP contribution in [-0.4, -0.2) is 9.97 Å². The fourth-order valence-electron chi connectivity index (χ4n) is 1.26. The number of alkyl halides is 3. The van der Waals surface area contributed by atoms with E-state index in [0.717, 1.165) is 18.5 Å². The molecule has 2 rings (SSSR count). The molecule has 0 bridgehead atoms. The minimum atomic E-state index is -4.64. The Morgan fingerprint density at radius 3 is 2.47 bits per heavy atom. The van der Waals surface area contributed by atoms with Crippen LogP contribution < -0.4 is 0 Å². The van der Waals surface area contributed by atoms with Crippen molar-refractivity contribution in [2.45, 2.75) is 16.1 Å². The standard InChI is InChI=1S/C11H5F5N2S/c12-6-1-2-9(8(13)3-6)19-10-7(11(14,15)16)4-17-5-18-10/h1-5H. The summed E-state index contributed by atoms with van der Waals surface area (Å²) in [6.07, 6.45) is -3.10. The maximum Gasteiger partial charge on any atom is 0.420 e. The van der Waals surface area contributed by atoms with Gasteiger partial charge in [-0.1, -0.05) is 11.8 Å². The highest BCUT2D eigenvalue weighted by molar-refractivity contribution is 7.99. The summed E-state index contributed by atoms with van der Waals surface area (Å²) in [5.74, 6) is -1.75. The molecule has 0 saturated carbocycles. The summed E-state index contributed by atoms with van der Waals surface area (Å²) in [7, 11) is 0. The highest BCUT2D eigenvalue weighted by atomic mass is 32.2. The van der Waals surface area contributed by atoms with Gasteiger partial charge in [0.05, 0.1) is 0 Å². The lowest BCUT2D eigenvalue weighted by Crippen LogP contribution is -2.08. The van der Waals surface area contributed by atoms with E-state index in [9.17, 15) is 22.0 Å². The third-order valence-corrected chi connectivity index (χ3v) is 3.15. The van der Waals surface area contributed by atoms with Gasteiger partial charge in [0.15, 0.2) is 0 Å². The summed E-state index contributed by atoms with van der Waals surface area (Å²) in [4.78, 5) is 6.62. The first-order valence-electron chi connectivity index (χ1n) is 4.88. The fraction of sp³-hybridized carbons (Fsp3) is 0.0909. The molecule has 0 amide bonds. The predicted molar refractivity (Wildman–Crippen MR) is 57.5 cm³/mol. The second-order valence-corrected chi connectivity index (χ2v) is 4.45. The molecule has 0 fully saturated rings. The van der Waals surface area contributed by atoms with E-state index in [1.54, 1.807) is 0 Å². The first-order chi connectivity index (χ1) is 8.88. The predicted octanol–water partition coefficient (Wildman–Crippen LogP) is 3.92. The van der Waals surface area contributed by atoms with Gasteiger partial charge < -0.3 is 0 Å². The summed E-state index contributed by atoms with van der Waals surface area (Å²) in [6.45, 7) is 0. The van der Waals surface area contributed by atoms with E-state index in [4.69, 9.17) is 0 Å². The molecular formula is C11H5F5N2S. The minimum absolute atomic E-state index is 0.148. The van der Waals surface area contributed by atoms with Crippen molar-refractivity contribution >= 4 is 11.8 Å². The van der Waals surface area contributed by atoms with Gasteiger partial charge in [-0.25, -0.2) is 18.7 Å². The van der Waals surface area contributed by atoms with Crippen LogP contribution in [0.15, 0.2) is 40.6 Å². The summed E-state index contributed by atoms with van der Waals surface area (Å²) in [5.41, 5.74) is -1.07. The van der Waals surface area contributed by atoms with Crippen LogP contribution in [0.25, 0.3) is 0 Å². The smallest absolute Gasteiger partial charge is 0.244 e. The summed E-state index contributed by atoms with van der Waals surface area (Å²) in [6, 6.07) is 2.61. The van der Waals surface area contributed by atoms with Gasteiger partial charge in [0.2, 0.25) is 0 Å². The third kappa shape index (κ3) is 3.19. The van der Waals surface area contributed by atoms with Gasteiger partial charge in [0.25, 0.3) is 0 Å². The van der Waals surface area contributed by atoms with Crippen molar-refractivity contribution in [1.29, 1.82) is 0 Å². The number of aromatic nitrogens is 2. The van der Waals surface area contributed by atoms with Crippen molar-refractivity contribution in [3.8, 4) is 0 Å². The average Bonchev–Trinajstić information content (AvgIpc) is 2.32. The number of hydrogen-bond acceptors (Lipinski definition) is 3. The Hall–Kier alpha value is -1.70. The van der Waals surface area contributed by atoms with Crippen molar-refractivity contribution in [3.05, 3.63) is 47.9 Å². The Kier molecular flexibility index (Phi) is 3.70. The average molecular weight is 292 g/mol. The van der Waals surface area contributed by atoms with Crippen LogP contribution in [0.2, 0.25) is 0 Å². The molecule has 0 aliphatic rings. The molecule has 0 spiro atoms. The van der Waals surface area contributed by atoms with E-state index in [1.165, 1.54) is 0 Å². The summed E-state index contributed by atoms with van der Waals surface area (Å²) >= 11 is 0.464. The Morgan fingerprint density at radius 2 is 1.84 bits per heavy atom. The molecule has 0 unspecified atom stereocenters. The van der Waals surface area contributed by atoms with Gasteiger partial charge in [-0.2, -0.15) is 13.2 Å². The minimum Gasteiger partial charge on any atom is -0.244 e. The van der Waals surface area contributed by atoms with Crippen LogP contribution in [0.3, 0.4) is 0 Å². The largest absolute Gasteiger partial charge is 0.420 e. The van der Waals surface area contributed by atoms with Crippen LogP contribution >= 0.6 is 11.8 Å². The molecule has 0 saturated heterocycles. The summed E-state index contributed by atoms with van der Waals surface area (Å²) in [5, 5.41) is -0.437. The molecule has 19 heavy (non-hydrogen) atoms. The molecule has 8 heteroatoms. The van der Waals surface area contributed by atoms with Gasteiger partial charge in [-0.3, -0.25) is 0 Å². The van der Waals surface area contributed by atoms with Crippen LogP contribution in [0, 0.1) is 11.6 Å². The Bertz CT molecular complexity index is 600. The number of nitrogens with zero attached hydrogens (tertiary/aromatic N) is 2. The topological polar surface area (TPSA) is 25.8 Å². The number of benzene rings is 1. The fourth-order valence-corrected chi connectivity index (χ4v) is 2.14.